The van der Waals surface area contributed by atoms with Crippen LogP contribution in [-0.4, -0.2) is 43.1 Å². The maximum atomic E-state index is 12.1. The molecule has 144 valence electrons. The number of carbonyl (C=O) groups is 1. The highest BCUT2D eigenvalue weighted by Gasteiger charge is 2.20. The number of ether oxygens (including phenoxy) is 1. The summed E-state index contributed by atoms with van der Waals surface area (Å²) in [4.78, 5) is 14.4. The Kier molecular flexibility index (Phi) is 7.25. The number of piperidine rings is 1. The van der Waals surface area contributed by atoms with Crippen molar-refractivity contribution in [2.75, 3.05) is 26.2 Å². The average molecular weight is 428 g/mol. The van der Waals surface area contributed by atoms with Crippen LogP contribution in [0.1, 0.15) is 23.2 Å². The first kappa shape index (κ1) is 20.3. The van der Waals surface area contributed by atoms with E-state index in [1.165, 1.54) is 0 Å². The van der Waals surface area contributed by atoms with E-state index < -0.39 is 0 Å². The Morgan fingerprint density at radius 1 is 1.07 bits per heavy atom. The molecule has 1 heterocycles. The van der Waals surface area contributed by atoms with E-state index in [0.29, 0.717) is 27.2 Å². The van der Waals surface area contributed by atoms with Crippen molar-refractivity contribution in [3.63, 3.8) is 0 Å². The van der Waals surface area contributed by atoms with Gasteiger partial charge in [0.15, 0.2) is 0 Å². The van der Waals surface area contributed by atoms with E-state index in [4.69, 9.17) is 39.5 Å². The normalized spacial score (nSPS) is 15.5. The van der Waals surface area contributed by atoms with E-state index in [-0.39, 0.29) is 12.0 Å². The summed E-state index contributed by atoms with van der Waals surface area (Å²) in [5, 5.41) is 4.53. The van der Waals surface area contributed by atoms with Crippen LogP contribution in [0.5, 0.6) is 5.75 Å². The van der Waals surface area contributed by atoms with Gasteiger partial charge in [0, 0.05) is 42.8 Å². The van der Waals surface area contributed by atoms with Gasteiger partial charge >= 0.3 is 0 Å². The Bertz CT molecular complexity index is 793. The van der Waals surface area contributed by atoms with Gasteiger partial charge in [-0.3, -0.25) is 4.79 Å². The zero-order valence-electron chi connectivity index (χ0n) is 14.8. The van der Waals surface area contributed by atoms with Gasteiger partial charge in [0.1, 0.15) is 11.9 Å². The molecule has 27 heavy (non-hydrogen) atoms. The number of rotatable bonds is 6. The first-order valence-electron chi connectivity index (χ1n) is 8.89. The molecule has 0 atom stereocenters. The average Bonchev–Trinajstić information content (AvgIpc) is 2.66. The summed E-state index contributed by atoms with van der Waals surface area (Å²) < 4.78 is 6.00. The number of nitrogens with one attached hydrogen (secondary N) is 1. The minimum atomic E-state index is -0.102. The predicted octanol–water partition coefficient (Wildman–Crippen LogP) is 4.92. The summed E-state index contributed by atoms with van der Waals surface area (Å²) in [5.74, 6) is 0.645. The fourth-order valence-electron chi connectivity index (χ4n) is 3.05. The lowest BCUT2D eigenvalue weighted by molar-refractivity contribution is 0.0905. The third kappa shape index (κ3) is 6.01. The number of nitrogens with zero attached hydrogens (tertiary/aromatic N) is 1. The Balaban J connectivity index is 1.38. The minimum Gasteiger partial charge on any atom is -0.490 e. The van der Waals surface area contributed by atoms with Gasteiger partial charge in [-0.2, -0.15) is 0 Å². The second-order valence-electron chi connectivity index (χ2n) is 6.50. The van der Waals surface area contributed by atoms with Crippen LogP contribution in [0.4, 0.5) is 0 Å². The standard InChI is InChI=1S/C20H21Cl3N2O2/c21-15-3-1-2-14(12-15)20(26)24-8-11-25-9-6-16(7-10-25)27-17-4-5-18(22)19(23)13-17/h1-5,12-13,16H,6-11H2,(H,24,26). The van der Waals surface area contributed by atoms with Gasteiger partial charge < -0.3 is 15.0 Å². The summed E-state index contributed by atoms with van der Waals surface area (Å²) in [5.41, 5.74) is 0.580. The molecule has 1 aliphatic rings. The summed E-state index contributed by atoms with van der Waals surface area (Å²) in [6, 6.07) is 12.3. The molecule has 0 bridgehead atoms. The highest BCUT2D eigenvalue weighted by atomic mass is 35.5. The maximum absolute atomic E-state index is 12.1. The maximum Gasteiger partial charge on any atom is 0.251 e. The molecule has 1 aliphatic heterocycles. The molecular weight excluding hydrogens is 407 g/mol. The van der Waals surface area contributed by atoms with Crippen molar-refractivity contribution in [3.05, 3.63) is 63.1 Å². The molecule has 0 spiro atoms. The third-order valence-electron chi connectivity index (χ3n) is 4.53. The van der Waals surface area contributed by atoms with Crippen molar-refractivity contribution in [2.45, 2.75) is 18.9 Å². The predicted molar refractivity (Wildman–Crippen MR) is 110 cm³/mol. The zero-order chi connectivity index (χ0) is 19.2. The van der Waals surface area contributed by atoms with Gasteiger partial charge in [0.2, 0.25) is 0 Å². The molecule has 2 aromatic rings. The van der Waals surface area contributed by atoms with Gasteiger partial charge in [0.05, 0.1) is 10.0 Å². The van der Waals surface area contributed by atoms with E-state index in [2.05, 4.69) is 10.2 Å². The van der Waals surface area contributed by atoms with Crippen LogP contribution >= 0.6 is 34.8 Å². The zero-order valence-corrected chi connectivity index (χ0v) is 17.0. The number of hydrogen-bond donors (Lipinski definition) is 1. The molecule has 0 saturated carbocycles. The van der Waals surface area contributed by atoms with Gasteiger partial charge in [-0.1, -0.05) is 40.9 Å². The van der Waals surface area contributed by atoms with E-state index >= 15 is 0 Å². The number of carbonyl (C=O) groups excluding carboxylic acids is 1. The first-order valence-corrected chi connectivity index (χ1v) is 10.0. The van der Waals surface area contributed by atoms with Crippen molar-refractivity contribution in [1.82, 2.24) is 10.2 Å². The lowest BCUT2D eigenvalue weighted by atomic mass is 10.1. The number of hydrogen-bond acceptors (Lipinski definition) is 3. The summed E-state index contributed by atoms with van der Waals surface area (Å²) >= 11 is 17.9. The van der Waals surface area contributed by atoms with Gasteiger partial charge in [0.25, 0.3) is 5.91 Å². The van der Waals surface area contributed by atoms with Gasteiger partial charge in [-0.25, -0.2) is 0 Å². The van der Waals surface area contributed by atoms with Crippen molar-refractivity contribution in [1.29, 1.82) is 0 Å². The second kappa shape index (κ2) is 9.65. The molecule has 0 aliphatic carbocycles. The Morgan fingerprint density at radius 2 is 1.85 bits per heavy atom. The van der Waals surface area contributed by atoms with Crippen LogP contribution in [0.2, 0.25) is 15.1 Å². The largest absolute Gasteiger partial charge is 0.490 e. The van der Waals surface area contributed by atoms with Gasteiger partial charge in [-0.05, 0) is 43.2 Å². The molecule has 0 radical (unpaired) electrons. The monoisotopic (exact) mass is 426 g/mol. The summed E-state index contributed by atoms with van der Waals surface area (Å²) in [6.07, 6.45) is 2.03. The first-order chi connectivity index (χ1) is 13.0. The number of amides is 1. The lowest BCUT2D eigenvalue weighted by Crippen LogP contribution is -2.42. The van der Waals surface area contributed by atoms with Crippen LogP contribution < -0.4 is 10.1 Å². The van der Waals surface area contributed by atoms with Crippen molar-refractivity contribution in [2.24, 2.45) is 0 Å². The molecule has 1 saturated heterocycles. The van der Waals surface area contributed by atoms with Crippen molar-refractivity contribution in [3.8, 4) is 5.75 Å². The van der Waals surface area contributed by atoms with Crippen LogP contribution in [-0.2, 0) is 0 Å². The van der Waals surface area contributed by atoms with Gasteiger partial charge in [-0.15, -0.1) is 0 Å². The number of likely N-dealkylation sites (tertiary alicyclic amines) is 1. The SMILES string of the molecule is O=C(NCCN1CCC(Oc2ccc(Cl)c(Cl)c2)CC1)c1cccc(Cl)c1. The van der Waals surface area contributed by atoms with Crippen LogP contribution in [0.25, 0.3) is 0 Å². The molecule has 0 aromatic heterocycles. The van der Waals surface area contributed by atoms with E-state index in [1.54, 1.807) is 36.4 Å². The smallest absolute Gasteiger partial charge is 0.251 e. The second-order valence-corrected chi connectivity index (χ2v) is 7.75. The number of halogens is 3. The summed E-state index contributed by atoms with van der Waals surface area (Å²) in [6.45, 7) is 3.27. The molecular formula is C20H21Cl3N2O2. The summed E-state index contributed by atoms with van der Waals surface area (Å²) in [7, 11) is 0. The fraction of sp³-hybridized carbons (Fsp3) is 0.350. The molecule has 4 nitrogen and oxygen atoms in total. The Labute approximate surface area is 174 Å². The Hall–Kier alpha value is -1.46. The molecule has 0 unspecified atom stereocenters. The van der Waals surface area contributed by atoms with E-state index in [9.17, 15) is 4.79 Å². The van der Waals surface area contributed by atoms with Crippen LogP contribution in [0.3, 0.4) is 0 Å². The Morgan fingerprint density at radius 3 is 2.56 bits per heavy atom. The van der Waals surface area contributed by atoms with Crippen molar-refractivity contribution < 1.29 is 9.53 Å². The van der Waals surface area contributed by atoms with Crippen LogP contribution in [0, 0.1) is 0 Å². The number of benzene rings is 2. The highest BCUT2D eigenvalue weighted by Crippen LogP contribution is 2.28. The molecule has 1 amide bonds. The topological polar surface area (TPSA) is 41.6 Å². The molecule has 1 fully saturated rings. The minimum absolute atomic E-state index is 0.102. The van der Waals surface area contributed by atoms with E-state index in [0.717, 1.165) is 38.2 Å². The highest BCUT2D eigenvalue weighted by molar-refractivity contribution is 6.42. The van der Waals surface area contributed by atoms with Crippen LogP contribution in [0.15, 0.2) is 42.5 Å². The molecule has 2 aromatic carbocycles. The molecule has 3 rings (SSSR count). The van der Waals surface area contributed by atoms with Crippen molar-refractivity contribution >= 4 is 40.7 Å². The quantitative estimate of drug-likeness (QED) is 0.711. The lowest BCUT2D eigenvalue weighted by Gasteiger charge is -2.32. The third-order valence-corrected chi connectivity index (χ3v) is 5.50. The van der Waals surface area contributed by atoms with E-state index in [1.807, 2.05) is 6.07 Å². The molecule has 1 N–H and O–H groups in total. The fourth-order valence-corrected chi connectivity index (χ4v) is 3.53. The molecule has 7 heteroatoms.